The highest BCUT2D eigenvalue weighted by molar-refractivity contribution is 6.07. The summed E-state index contributed by atoms with van der Waals surface area (Å²) in [5, 5.41) is 0. The van der Waals surface area contributed by atoms with Gasteiger partial charge >= 0.3 is 0 Å². The van der Waals surface area contributed by atoms with Crippen LogP contribution in [-0.2, 0) is 35.3 Å². The molecule has 8 heteroatoms. The highest BCUT2D eigenvalue weighted by Crippen LogP contribution is 2.36. The molecule has 2 aliphatic heterocycles. The number of benzene rings is 4. The predicted molar refractivity (Wildman–Crippen MR) is 227 cm³/mol. The molecule has 0 radical (unpaired) electrons. The third-order valence-corrected chi connectivity index (χ3v) is 11.7. The van der Waals surface area contributed by atoms with Crippen molar-refractivity contribution in [1.29, 1.82) is 0 Å². The summed E-state index contributed by atoms with van der Waals surface area (Å²) in [6, 6.07) is 31.7. The summed E-state index contributed by atoms with van der Waals surface area (Å²) in [4.78, 5) is 34.7. The first-order valence-corrected chi connectivity index (χ1v) is 21.1. The zero-order chi connectivity index (χ0) is 39.7. The number of likely N-dealkylation sites (tertiary alicyclic amines) is 2. The summed E-state index contributed by atoms with van der Waals surface area (Å²) in [6.07, 6.45) is 9.15. The van der Waals surface area contributed by atoms with Crippen LogP contribution in [0.2, 0.25) is 0 Å². The van der Waals surface area contributed by atoms with Crippen LogP contribution in [0.5, 0.6) is 23.0 Å². The normalized spacial score (nSPS) is 14.8. The van der Waals surface area contributed by atoms with E-state index in [0.717, 1.165) is 48.2 Å². The minimum atomic E-state index is -1.24. The quantitative estimate of drug-likeness (QED) is 0.0518. The van der Waals surface area contributed by atoms with Gasteiger partial charge in [0.15, 0.2) is 23.0 Å². The molecule has 0 spiro atoms. The highest BCUT2D eigenvalue weighted by atomic mass is 16.5. The molecule has 0 saturated carbocycles. The first-order chi connectivity index (χ1) is 28.0. The van der Waals surface area contributed by atoms with Crippen LogP contribution in [-0.4, -0.2) is 88.1 Å². The molecule has 4 aromatic carbocycles. The molecule has 57 heavy (non-hydrogen) atoms. The number of ether oxygens (including phenoxy) is 4. The van der Waals surface area contributed by atoms with Crippen molar-refractivity contribution in [2.45, 2.75) is 77.0 Å². The Balaban J connectivity index is 1.16. The third-order valence-electron chi connectivity index (χ3n) is 11.7. The van der Waals surface area contributed by atoms with Crippen molar-refractivity contribution in [3.05, 3.63) is 119 Å². The second kappa shape index (κ2) is 21.8. The van der Waals surface area contributed by atoms with E-state index in [1.165, 1.54) is 51.9 Å². The number of rotatable bonds is 24. The molecule has 8 nitrogen and oxygen atoms in total. The number of hydrogen-bond acceptors (Lipinski definition) is 8. The second-order valence-electron chi connectivity index (χ2n) is 15.7. The molecule has 2 fully saturated rings. The maximum atomic E-state index is 14.8. The molecule has 0 amide bonds. The highest BCUT2D eigenvalue weighted by Gasteiger charge is 2.44. The molecule has 4 aromatic rings. The minimum Gasteiger partial charge on any atom is -0.493 e. The van der Waals surface area contributed by atoms with E-state index < -0.39 is 5.41 Å². The van der Waals surface area contributed by atoms with E-state index in [-0.39, 0.29) is 24.4 Å². The average molecular weight is 775 g/mol. The van der Waals surface area contributed by atoms with Gasteiger partial charge in [0.05, 0.1) is 32.8 Å². The standard InChI is InChI=1S/C49H62N2O6/c1-54-45-35-39(19-23-43(45)56-33-13-31-50-27-9-10-28-50)21-25-47(52)49(37-41-15-5-3-6-16-41,38-42-17-7-4-8-18-42)48(53)26-22-40-20-24-44(46(36-40)55-2)57-34-14-32-51-29-11-12-30-51/h3-8,15-20,23-24,35-36H,9-14,21-22,25-34,37-38H2,1-2H3. The Morgan fingerprint density at radius 1 is 0.526 bits per heavy atom. The van der Waals surface area contributed by atoms with Crippen molar-refractivity contribution in [2.75, 3.05) is 66.7 Å². The molecule has 0 N–H and O–H groups in total. The molecular formula is C49H62N2O6. The lowest BCUT2D eigenvalue weighted by Gasteiger charge is -2.32. The molecule has 2 heterocycles. The molecule has 0 aliphatic carbocycles. The molecule has 2 saturated heterocycles. The molecule has 304 valence electrons. The van der Waals surface area contributed by atoms with Gasteiger partial charge < -0.3 is 28.7 Å². The fourth-order valence-electron chi connectivity index (χ4n) is 8.42. The van der Waals surface area contributed by atoms with E-state index in [0.29, 0.717) is 61.9 Å². The van der Waals surface area contributed by atoms with Crippen LogP contribution >= 0.6 is 0 Å². The van der Waals surface area contributed by atoms with Gasteiger partial charge in [-0.1, -0.05) is 72.8 Å². The van der Waals surface area contributed by atoms with Crippen LogP contribution in [0, 0.1) is 5.41 Å². The minimum absolute atomic E-state index is 0.0447. The number of methoxy groups -OCH3 is 2. The van der Waals surface area contributed by atoms with Crippen LogP contribution in [0.1, 0.15) is 73.6 Å². The number of carbonyl (C=O) groups excluding carboxylic acids is 2. The fourth-order valence-corrected chi connectivity index (χ4v) is 8.42. The SMILES string of the molecule is COc1cc(CCC(=O)C(Cc2ccccc2)(Cc2ccccc2)C(=O)CCc2ccc(OCCCN3CCCC3)c(OC)c2)ccc1OCCCN1CCCC1. The van der Waals surface area contributed by atoms with E-state index in [1.54, 1.807) is 14.2 Å². The van der Waals surface area contributed by atoms with E-state index in [2.05, 4.69) is 9.80 Å². The molecule has 0 bridgehead atoms. The number of aryl methyl sites for hydroxylation is 2. The molecule has 0 unspecified atom stereocenters. The summed E-state index contributed by atoms with van der Waals surface area (Å²) in [5.74, 6) is 2.64. The Morgan fingerprint density at radius 3 is 1.32 bits per heavy atom. The van der Waals surface area contributed by atoms with Gasteiger partial charge in [-0.15, -0.1) is 0 Å². The predicted octanol–water partition coefficient (Wildman–Crippen LogP) is 8.61. The first kappa shape index (κ1) is 42.0. The van der Waals surface area contributed by atoms with Gasteiger partial charge in [-0.05, 0) is 137 Å². The Hall–Kier alpha value is -4.66. The Kier molecular flexibility index (Phi) is 16.0. The Labute approximate surface area is 340 Å². The van der Waals surface area contributed by atoms with Gasteiger partial charge in [-0.3, -0.25) is 9.59 Å². The summed E-state index contributed by atoms with van der Waals surface area (Å²) >= 11 is 0. The maximum Gasteiger partial charge on any atom is 0.161 e. The zero-order valence-electron chi connectivity index (χ0n) is 34.2. The van der Waals surface area contributed by atoms with Crippen LogP contribution in [0.3, 0.4) is 0 Å². The Morgan fingerprint density at radius 2 is 0.930 bits per heavy atom. The van der Waals surface area contributed by atoms with Crippen molar-refractivity contribution in [3.8, 4) is 23.0 Å². The van der Waals surface area contributed by atoms with Gasteiger partial charge in [0.1, 0.15) is 11.6 Å². The van der Waals surface area contributed by atoms with E-state index in [4.69, 9.17) is 18.9 Å². The summed E-state index contributed by atoms with van der Waals surface area (Å²) < 4.78 is 23.7. The van der Waals surface area contributed by atoms with E-state index in [9.17, 15) is 9.59 Å². The number of carbonyl (C=O) groups is 2. The lowest BCUT2D eigenvalue weighted by atomic mass is 9.68. The third kappa shape index (κ3) is 12.2. The van der Waals surface area contributed by atoms with Gasteiger partial charge in [-0.2, -0.15) is 0 Å². The summed E-state index contributed by atoms with van der Waals surface area (Å²) in [6.45, 7) is 8.05. The maximum absolute atomic E-state index is 14.8. The van der Waals surface area contributed by atoms with Crippen molar-refractivity contribution in [2.24, 2.45) is 5.41 Å². The molecule has 2 aliphatic rings. The molecule has 6 rings (SSSR count). The van der Waals surface area contributed by atoms with Gasteiger partial charge in [0.2, 0.25) is 0 Å². The van der Waals surface area contributed by atoms with Crippen LogP contribution in [0.15, 0.2) is 97.1 Å². The van der Waals surface area contributed by atoms with Gasteiger partial charge in [0, 0.05) is 25.9 Å². The monoisotopic (exact) mass is 774 g/mol. The molecule has 0 aromatic heterocycles. The summed E-state index contributed by atoms with van der Waals surface area (Å²) in [7, 11) is 3.30. The number of ketones is 2. The van der Waals surface area contributed by atoms with Gasteiger partial charge in [0.25, 0.3) is 0 Å². The van der Waals surface area contributed by atoms with Crippen LogP contribution in [0.25, 0.3) is 0 Å². The number of hydrogen-bond donors (Lipinski definition) is 0. The number of Topliss-reactive ketones (excluding diaryl/α,β-unsaturated/α-hetero) is 2. The smallest absolute Gasteiger partial charge is 0.161 e. The van der Waals surface area contributed by atoms with Crippen molar-refractivity contribution >= 4 is 11.6 Å². The molecule has 0 atom stereocenters. The van der Waals surface area contributed by atoms with Crippen molar-refractivity contribution < 1.29 is 28.5 Å². The topological polar surface area (TPSA) is 77.5 Å². The summed E-state index contributed by atoms with van der Waals surface area (Å²) in [5.41, 5.74) is 2.63. The zero-order valence-corrected chi connectivity index (χ0v) is 34.2. The molecular weight excluding hydrogens is 713 g/mol. The lowest BCUT2D eigenvalue weighted by molar-refractivity contribution is -0.141. The van der Waals surface area contributed by atoms with Crippen molar-refractivity contribution in [1.82, 2.24) is 9.80 Å². The van der Waals surface area contributed by atoms with Crippen LogP contribution in [0.4, 0.5) is 0 Å². The average Bonchev–Trinajstić information content (AvgIpc) is 3.98. The number of nitrogens with zero attached hydrogens (tertiary/aromatic N) is 2. The fraction of sp³-hybridized carbons (Fsp3) is 0.469. The lowest BCUT2D eigenvalue weighted by Crippen LogP contribution is -2.44. The first-order valence-electron chi connectivity index (χ1n) is 21.1. The van der Waals surface area contributed by atoms with Crippen molar-refractivity contribution in [3.63, 3.8) is 0 Å². The second-order valence-corrected chi connectivity index (χ2v) is 15.7. The van der Waals surface area contributed by atoms with E-state index in [1.807, 2.05) is 97.1 Å². The van der Waals surface area contributed by atoms with Gasteiger partial charge in [-0.25, -0.2) is 0 Å². The van der Waals surface area contributed by atoms with E-state index >= 15 is 0 Å². The Bertz CT molecular complexity index is 1700. The largest absolute Gasteiger partial charge is 0.493 e. The van der Waals surface area contributed by atoms with Crippen LogP contribution < -0.4 is 18.9 Å².